The van der Waals surface area contributed by atoms with Gasteiger partial charge in [-0.05, 0) is 25.0 Å². The summed E-state index contributed by atoms with van der Waals surface area (Å²) in [6.45, 7) is 0.577. The molecule has 0 saturated carbocycles. The van der Waals surface area contributed by atoms with E-state index < -0.39 is 12.0 Å². The average molecular weight is 331 g/mol. The molecule has 1 saturated heterocycles. The molecular formula is C15H17N5O4. The van der Waals surface area contributed by atoms with Gasteiger partial charge in [-0.15, -0.1) is 0 Å². The Kier molecular flexibility index (Phi) is 4.41. The van der Waals surface area contributed by atoms with Gasteiger partial charge in [-0.25, -0.2) is 14.3 Å². The number of pyridine rings is 1. The first-order valence-corrected chi connectivity index (χ1v) is 7.67. The molecule has 1 unspecified atom stereocenters. The Bertz CT molecular complexity index is 787. The van der Waals surface area contributed by atoms with Gasteiger partial charge in [-0.1, -0.05) is 6.07 Å². The molecule has 2 amide bonds. The zero-order valence-electron chi connectivity index (χ0n) is 12.9. The minimum Gasteiger partial charge on any atom is -0.480 e. The van der Waals surface area contributed by atoms with Crippen molar-refractivity contribution in [3.05, 3.63) is 30.2 Å². The molecule has 9 nitrogen and oxygen atoms in total. The zero-order chi connectivity index (χ0) is 17.1. The molecule has 3 heterocycles. The predicted molar refractivity (Wildman–Crippen MR) is 82.3 cm³/mol. The van der Waals surface area contributed by atoms with Crippen LogP contribution in [0.4, 0.5) is 0 Å². The Balaban J connectivity index is 1.56. The summed E-state index contributed by atoms with van der Waals surface area (Å²) in [5.41, 5.74) is 0.877. The van der Waals surface area contributed by atoms with E-state index in [1.165, 1.54) is 15.7 Å². The molecule has 1 aliphatic rings. The highest BCUT2D eigenvalue weighted by Crippen LogP contribution is 2.18. The Hall–Kier alpha value is -2.97. The van der Waals surface area contributed by atoms with Crippen molar-refractivity contribution in [2.45, 2.75) is 25.3 Å². The second kappa shape index (κ2) is 6.65. The number of likely N-dealkylation sites (tertiary alicyclic amines) is 1. The van der Waals surface area contributed by atoms with E-state index in [-0.39, 0.29) is 24.8 Å². The van der Waals surface area contributed by atoms with Crippen LogP contribution < -0.4 is 5.32 Å². The van der Waals surface area contributed by atoms with Crippen LogP contribution in [0, 0.1) is 0 Å². The summed E-state index contributed by atoms with van der Waals surface area (Å²) < 4.78 is 1.41. The van der Waals surface area contributed by atoms with Crippen molar-refractivity contribution < 1.29 is 19.5 Å². The minimum atomic E-state index is -0.984. The number of carbonyl (C=O) groups excluding carboxylic acids is 2. The summed E-state index contributed by atoms with van der Waals surface area (Å²) in [5.74, 6) is -1.61. The third-order valence-corrected chi connectivity index (χ3v) is 4.02. The summed E-state index contributed by atoms with van der Waals surface area (Å²) in [4.78, 5) is 40.8. The predicted octanol–water partition coefficient (Wildman–Crippen LogP) is -0.0752. The molecule has 2 aromatic heterocycles. The Morgan fingerprint density at radius 3 is 2.96 bits per heavy atom. The first-order valence-electron chi connectivity index (χ1n) is 7.67. The molecule has 9 heteroatoms. The molecule has 126 valence electrons. The molecule has 1 aliphatic heterocycles. The lowest BCUT2D eigenvalue weighted by molar-refractivity contribution is -0.148. The quantitative estimate of drug-likeness (QED) is 0.792. The van der Waals surface area contributed by atoms with Crippen molar-refractivity contribution in [3.63, 3.8) is 0 Å². The molecule has 1 fully saturated rings. The van der Waals surface area contributed by atoms with E-state index in [1.807, 2.05) is 0 Å². The molecule has 1 atom stereocenters. The fourth-order valence-corrected chi connectivity index (χ4v) is 2.86. The van der Waals surface area contributed by atoms with Crippen molar-refractivity contribution >= 4 is 23.4 Å². The van der Waals surface area contributed by atoms with E-state index in [1.54, 1.807) is 18.2 Å². The summed E-state index contributed by atoms with van der Waals surface area (Å²) in [7, 11) is 0. The number of carbonyl (C=O) groups is 3. The van der Waals surface area contributed by atoms with Gasteiger partial charge in [0.2, 0.25) is 5.91 Å². The van der Waals surface area contributed by atoms with Gasteiger partial charge >= 0.3 is 5.97 Å². The van der Waals surface area contributed by atoms with Gasteiger partial charge < -0.3 is 15.3 Å². The zero-order valence-corrected chi connectivity index (χ0v) is 12.9. The molecule has 0 aromatic carbocycles. The molecular weight excluding hydrogens is 314 g/mol. The number of carboxylic acid groups (broad SMARTS) is 1. The second-order valence-electron chi connectivity index (χ2n) is 5.53. The van der Waals surface area contributed by atoms with Crippen LogP contribution in [0.3, 0.4) is 0 Å². The van der Waals surface area contributed by atoms with Crippen LogP contribution >= 0.6 is 0 Å². The third kappa shape index (κ3) is 3.05. The Labute approximate surface area is 137 Å². The number of nitrogens with zero attached hydrogens (tertiary/aromatic N) is 4. The van der Waals surface area contributed by atoms with Gasteiger partial charge in [0.15, 0.2) is 5.65 Å². The van der Waals surface area contributed by atoms with Crippen molar-refractivity contribution in [1.82, 2.24) is 24.8 Å². The largest absolute Gasteiger partial charge is 0.480 e. The van der Waals surface area contributed by atoms with Crippen molar-refractivity contribution in [3.8, 4) is 0 Å². The number of aromatic nitrogens is 3. The van der Waals surface area contributed by atoms with Gasteiger partial charge in [0.25, 0.3) is 5.91 Å². The van der Waals surface area contributed by atoms with Crippen LogP contribution in [-0.4, -0.2) is 61.5 Å². The molecule has 0 spiro atoms. The van der Waals surface area contributed by atoms with E-state index >= 15 is 0 Å². The fraction of sp³-hybridized carbons (Fsp3) is 0.400. The third-order valence-electron chi connectivity index (χ3n) is 4.02. The lowest BCUT2D eigenvalue weighted by Crippen LogP contribution is -2.41. The smallest absolute Gasteiger partial charge is 0.326 e. The topological polar surface area (TPSA) is 117 Å². The number of aliphatic carboxylic acids is 1. The Morgan fingerprint density at radius 1 is 1.33 bits per heavy atom. The number of hydrogen-bond donors (Lipinski definition) is 2. The van der Waals surface area contributed by atoms with E-state index in [4.69, 9.17) is 5.11 Å². The van der Waals surface area contributed by atoms with E-state index in [9.17, 15) is 14.4 Å². The highest BCUT2D eigenvalue weighted by Gasteiger charge is 2.33. The number of nitrogens with one attached hydrogen (secondary N) is 1. The van der Waals surface area contributed by atoms with Crippen LogP contribution in [0.1, 0.15) is 29.8 Å². The van der Waals surface area contributed by atoms with Crippen LogP contribution in [0.25, 0.3) is 5.65 Å². The van der Waals surface area contributed by atoms with Gasteiger partial charge in [0, 0.05) is 19.5 Å². The molecule has 0 radical (unpaired) electrons. The van der Waals surface area contributed by atoms with Gasteiger partial charge in [0.05, 0.1) is 0 Å². The molecule has 2 aromatic rings. The average Bonchev–Trinajstić information content (AvgIpc) is 3.23. The lowest BCUT2D eigenvalue weighted by atomic mass is 10.2. The number of rotatable bonds is 5. The maximum Gasteiger partial charge on any atom is 0.326 e. The minimum absolute atomic E-state index is 0.0584. The van der Waals surface area contributed by atoms with E-state index in [0.717, 1.165) is 0 Å². The van der Waals surface area contributed by atoms with Crippen LogP contribution in [-0.2, 0) is 9.59 Å². The van der Waals surface area contributed by atoms with E-state index in [0.29, 0.717) is 30.7 Å². The lowest BCUT2D eigenvalue weighted by Gasteiger charge is -2.21. The maximum atomic E-state index is 12.2. The van der Waals surface area contributed by atoms with Crippen molar-refractivity contribution in [2.75, 3.05) is 13.1 Å². The molecule has 0 bridgehead atoms. The summed E-state index contributed by atoms with van der Waals surface area (Å²) in [6.07, 6.45) is 2.57. The second-order valence-corrected chi connectivity index (χ2v) is 5.53. The fourth-order valence-electron chi connectivity index (χ4n) is 2.86. The summed E-state index contributed by atoms with van der Waals surface area (Å²) >= 11 is 0. The summed E-state index contributed by atoms with van der Waals surface area (Å²) in [5, 5.41) is 15.7. The van der Waals surface area contributed by atoms with E-state index in [2.05, 4.69) is 15.4 Å². The maximum absolute atomic E-state index is 12.2. The number of carboxylic acids is 1. The van der Waals surface area contributed by atoms with Crippen LogP contribution in [0.5, 0.6) is 0 Å². The number of hydrogen-bond acceptors (Lipinski definition) is 5. The SMILES string of the molecule is O=C(NCCC(=O)N1CCCC1C(=O)O)c1cccc2ncnn12. The molecule has 3 rings (SSSR count). The molecule has 24 heavy (non-hydrogen) atoms. The number of amides is 2. The number of fused-ring (bicyclic) bond motifs is 1. The highest BCUT2D eigenvalue weighted by atomic mass is 16.4. The highest BCUT2D eigenvalue weighted by molar-refractivity contribution is 5.93. The monoisotopic (exact) mass is 331 g/mol. The normalized spacial score (nSPS) is 17.2. The first-order chi connectivity index (χ1) is 11.6. The van der Waals surface area contributed by atoms with Gasteiger partial charge in [0.1, 0.15) is 18.1 Å². The standard InChI is InChI=1S/C15H17N5O4/c21-13(19-8-2-4-11(19)15(23)24)6-7-16-14(22)10-3-1-5-12-17-9-18-20(10)12/h1,3,5,9,11H,2,4,6-8H2,(H,16,22)(H,23,24). The molecule has 2 N–H and O–H groups in total. The molecule has 0 aliphatic carbocycles. The first kappa shape index (κ1) is 15.9. The van der Waals surface area contributed by atoms with Crippen molar-refractivity contribution in [2.24, 2.45) is 0 Å². The van der Waals surface area contributed by atoms with Crippen LogP contribution in [0.2, 0.25) is 0 Å². The van der Waals surface area contributed by atoms with Gasteiger partial charge in [-0.2, -0.15) is 5.10 Å². The van der Waals surface area contributed by atoms with Gasteiger partial charge in [-0.3, -0.25) is 9.59 Å². The Morgan fingerprint density at radius 2 is 2.17 bits per heavy atom. The van der Waals surface area contributed by atoms with Crippen molar-refractivity contribution in [1.29, 1.82) is 0 Å². The van der Waals surface area contributed by atoms with Crippen LogP contribution in [0.15, 0.2) is 24.5 Å². The summed E-state index contributed by atoms with van der Waals surface area (Å²) in [6, 6.07) is 4.29.